The number of nitrogens with zero attached hydrogens (tertiary/aromatic N) is 2. The highest BCUT2D eigenvalue weighted by Crippen LogP contribution is 2.26. The van der Waals surface area contributed by atoms with Gasteiger partial charge in [-0.3, -0.25) is 0 Å². The molecule has 112 valence electrons. The molecule has 1 aliphatic rings. The zero-order valence-electron chi connectivity index (χ0n) is 12.0. The van der Waals surface area contributed by atoms with Crippen LogP contribution in [0.3, 0.4) is 0 Å². The fourth-order valence-electron chi connectivity index (χ4n) is 2.63. The first-order valence-electron chi connectivity index (χ1n) is 7.32. The van der Waals surface area contributed by atoms with Crippen LogP contribution in [0.25, 0.3) is 0 Å². The fourth-order valence-corrected chi connectivity index (χ4v) is 5.29. The molecule has 1 fully saturated rings. The Bertz CT molecular complexity index is 550. The van der Waals surface area contributed by atoms with Crippen molar-refractivity contribution in [3.8, 4) is 0 Å². The SMILES string of the molecule is N[C@H](Cc1ccccc1)c1cncn1CC1CSCCS1. The van der Waals surface area contributed by atoms with E-state index in [4.69, 9.17) is 5.73 Å². The maximum Gasteiger partial charge on any atom is 0.0949 e. The Balaban J connectivity index is 1.66. The summed E-state index contributed by atoms with van der Waals surface area (Å²) < 4.78 is 2.25. The highest BCUT2D eigenvalue weighted by molar-refractivity contribution is 8.06. The minimum Gasteiger partial charge on any atom is -0.332 e. The number of benzene rings is 1. The molecule has 0 spiro atoms. The summed E-state index contributed by atoms with van der Waals surface area (Å²) in [6.45, 7) is 1.02. The molecule has 0 bridgehead atoms. The van der Waals surface area contributed by atoms with Gasteiger partial charge in [0.15, 0.2) is 0 Å². The Morgan fingerprint density at radius 2 is 2.14 bits per heavy atom. The molecule has 3 nitrogen and oxygen atoms in total. The van der Waals surface area contributed by atoms with Gasteiger partial charge in [0.2, 0.25) is 0 Å². The minimum atomic E-state index is 0.0103. The maximum atomic E-state index is 6.40. The number of imidazole rings is 1. The number of hydrogen-bond acceptors (Lipinski definition) is 4. The lowest BCUT2D eigenvalue weighted by atomic mass is 10.0. The van der Waals surface area contributed by atoms with Crippen LogP contribution in [0.5, 0.6) is 0 Å². The van der Waals surface area contributed by atoms with Crippen LogP contribution < -0.4 is 5.73 Å². The second kappa shape index (κ2) is 7.38. The first kappa shape index (κ1) is 15.0. The van der Waals surface area contributed by atoms with Gasteiger partial charge in [0, 0.05) is 35.3 Å². The summed E-state index contributed by atoms with van der Waals surface area (Å²) in [5.74, 6) is 3.77. The third-order valence-electron chi connectivity index (χ3n) is 3.71. The Labute approximate surface area is 134 Å². The van der Waals surface area contributed by atoms with Crippen molar-refractivity contribution in [1.29, 1.82) is 0 Å². The van der Waals surface area contributed by atoms with Crippen molar-refractivity contribution in [1.82, 2.24) is 9.55 Å². The van der Waals surface area contributed by atoms with Crippen LogP contribution in [-0.4, -0.2) is 32.1 Å². The topological polar surface area (TPSA) is 43.8 Å². The second-order valence-electron chi connectivity index (χ2n) is 5.33. The van der Waals surface area contributed by atoms with Crippen molar-refractivity contribution in [3.05, 3.63) is 54.1 Å². The summed E-state index contributed by atoms with van der Waals surface area (Å²) >= 11 is 4.13. The maximum absolute atomic E-state index is 6.40. The predicted octanol–water partition coefficient (Wildman–Crippen LogP) is 2.97. The molecule has 0 radical (unpaired) electrons. The van der Waals surface area contributed by atoms with Crippen molar-refractivity contribution >= 4 is 23.5 Å². The molecule has 2 aromatic rings. The highest BCUT2D eigenvalue weighted by atomic mass is 32.2. The molecule has 2 N–H and O–H groups in total. The normalized spacial score (nSPS) is 20.3. The number of aromatic nitrogens is 2. The largest absolute Gasteiger partial charge is 0.332 e. The molecular weight excluding hydrogens is 298 g/mol. The molecule has 1 aromatic heterocycles. The second-order valence-corrected chi connectivity index (χ2v) is 7.89. The van der Waals surface area contributed by atoms with Crippen LogP contribution >= 0.6 is 23.5 Å². The Hall–Kier alpha value is -0.910. The highest BCUT2D eigenvalue weighted by Gasteiger charge is 2.18. The molecule has 1 aliphatic heterocycles. The van der Waals surface area contributed by atoms with Gasteiger partial charge < -0.3 is 10.3 Å². The molecule has 5 heteroatoms. The molecule has 2 atom stereocenters. The quantitative estimate of drug-likeness (QED) is 0.920. The number of nitrogens with two attached hydrogens (primary N) is 1. The first-order valence-corrected chi connectivity index (χ1v) is 9.52. The van der Waals surface area contributed by atoms with E-state index in [-0.39, 0.29) is 6.04 Å². The van der Waals surface area contributed by atoms with E-state index in [1.807, 2.05) is 18.6 Å². The van der Waals surface area contributed by atoms with Crippen LogP contribution in [-0.2, 0) is 13.0 Å². The standard InChI is InChI=1S/C16H21N3S2/c17-15(8-13-4-2-1-3-5-13)16-9-18-12-19(16)10-14-11-20-6-7-21-14/h1-5,9,12,14-15H,6-8,10-11,17H2/t14?,15-/m1/s1. The predicted molar refractivity (Wildman–Crippen MR) is 92.9 cm³/mol. The van der Waals surface area contributed by atoms with E-state index >= 15 is 0 Å². The Kier molecular flexibility index (Phi) is 5.27. The molecule has 1 unspecified atom stereocenters. The van der Waals surface area contributed by atoms with E-state index in [1.54, 1.807) is 0 Å². The third kappa shape index (κ3) is 4.05. The monoisotopic (exact) mass is 319 g/mol. The van der Waals surface area contributed by atoms with Crippen LogP contribution in [0, 0.1) is 0 Å². The molecular formula is C16H21N3S2. The van der Waals surface area contributed by atoms with Gasteiger partial charge in [-0.1, -0.05) is 30.3 Å². The van der Waals surface area contributed by atoms with E-state index in [0.29, 0.717) is 5.25 Å². The molecule has 0 aliphatic carbocycles. The smallest absolute Gasteiger partial charge is 0.0949 e. The van der Waals surface area contributed by atoms with E-state index in [9.17, 15) is 0 Å². The van der Waals surface area contributed by atoms with Crippen LogP contribution in [0.2, 0.25) is 0 Å². The fraction of sp³-hybridized carbons (Fsp3) is 0.438. The van der Waals surface area contributed by atoms with E-state index in [2.05, 4.69) is 57.3 Å². The average molecular weight is 319 g/mol. The average Bonchev–Trinajstić information content (AvgIpc) is 2.97. The van der Waals surface area contributed by atoms with Crippen molar-refractivity contribution in [2.45, 2.75) is 24.3 Å². The Morgan fingerprint density at radius 1 is 1.29 bits per heavy atom. The summed E-state index contributed by atoms with van der Waals surface area (Å²) in [7, 11) is 0. The third-order valence-corrected chi connectivity index (χ3v) is 6.54. The lowest BCUT2D eigenvalue weighted by Crippen LogP contribution is -2.24. The Morgan fingerprint density at radius 3 is 2.90 bits per heavy atom. The van der Waals surface area contributed by atoms with E-state index < -0.39 is 0 Å². The summed E-state index contributed by atoms with van der Waals surface area (Å²) in [5, 5.41) is 0.681. The summed E-state index contributed by atoms with van der Waals surface area (Å²) in [4.78, 5) is 4.32. The zero-order chi connectivity index (χ0) is 14.5. The van der Waals surface area contributed by atoms with Crippen LogP contribution in [0.15, 0.2) is 42.9 Å². The van der Waals surface area contributed by atoms with Crippen LogP contribution in [0.4, 0.5) is 0 Å². The molecule has 0 amide bonds. The van der Waals surface area contributed by atoms with Gasteiger partial charge in [-0.05, 0) is 12.0 Å². The van der Waals surface area contributed by atoms with Gasteiger partial charge in [-0.15, -0.1) is 0 Å². The van der Waals surface area contributed by atoms with Gasteiger partial charge in [0.05, 0.1) is 18.1 Å². The van der Waals surface area contributed by atoms with Gasteiger partial charge >= 0.3 is 0 Å². The summed E-state index contributed by atoms with van der Waals surface area (Å²) in [5.41, 5.74) is 8.83. The first-order chi connectivity index (χ1) is 10.3. The molecule has 1 saturated heterocycles. The van der Waals surface area contributed by atoms with Crippen molar-refractivity contribution < 1.29 is 0 Å². The number of hydrogen-bond donors (Lipinski definition) is 1. The molecule has 1 aromatic carbocycles. The van der Waals surface area contributed by atoms with E-state index in [1.165, 1.54) is 22.8 Å². The van der Waals surface area contributed by atoms with E-state index in [0.717, 1.165) is 18.7 Å². The van der Waals surface area contributed by atoms with Gasteiger partial charge in [-0.25, -0.2) is 4.98 Å². The summed E-state index contributed by atoms with van der Waals surface area (Å²) in [6.07, 6.45) is 4.72. The molecule has 21 heavy (non-hydrogen) atoms. The molecule has 3 rings (SSSR count). The van der Waals surface area contributed by atoms with Crippen LogP contribution in [0.1, 0.15) is 17.3 Å². The van der Waals surface area contributed by atoms with Gasteiger partial charge in [0.25, 0.3) is 0 Å². The minimum absolute atomic E-state index is 0.0103. The van der Waals surface area contributed by atoms with Crippen molar-refractivity contribution in [2.75, 3.05) is 17.3 Å². The molecule has 2 heterocycles. The van der Waals surface area contributed by atoms with Gasteiger partial charge in [0.1, 0.15) is 0 Å². The lowest BCUT2D eigenvalue weighted by molar-refractivity contribution is 0.597. The molecule has 0 saturated carbocycles. The summed E-state index contributed by atoms with van der Waals surface area (Å²) in [6, 6.07) is 10.4. The van der Waals surface area contributed by atoms with Crippen molar-refractivity contribution in [2.24, 2.45) is 5.73 Å². The lowest BCUT2D eigenvalue weighted by Gasteiger charge is -2.23. The number of rotatable bonds is 5. The number of thioether (sulfide) groups is 2. The van der Waals surface area contributed by atoms with Gasteiger partial charge in [-0.2, -0.15) is 23.5 Å². The van der Waals surface area contributed by atoms with Crippen molar-refractivity contribution in [3.63, 3.8) is 0 Å². The zero-order valence-corrected chi connectivity index (χ0v) is 13.7.